The SMILES string of the molecule is CC(C)OC1CCC(NCc2cc3ccccc3n2C)CC1. The van der Waals surface area contributed by atoms with E-state index in [1.807, 2.05) is 0 Å². The van der Waals surface area contributed by atoms with Gasteiger partial charge in [-0.3, -0.25) is 0 Å². The van der Waals surface area contributed by atoms with Crippen LogP contribution < -0.4 is 5.32 Å². The Hall–Kier alpha value is -1.32. The predicted octanol–water partition coefficient (Wildman–Crippen LogP) is 4.00. The molecule has 2 aromatic rings. The molecule has 1 aliphatic rings. The maximum absolute atomic E-state index is 5.93. The van der Waals surface area contributed by atoms with Crippen molar-refractivity contribution < 1.29 is 4.74 Å². The van der Waals surface area contributed by atoms with Crippen LogP contribution in [0.2, 0.25) is 0 Å². The summed E-state index contributed by atoms with van der Waals surface area (Å²) in [7, 11) is 2.16. The summed E-state index contributed by atoms with van der Waals surface area (Å²) in [6.45, 7) is 5.21. The number of para-hydroxylation sites is 1. The van der Waals surface area contributed by atoms with Crippen molar-refractivity contribution in [3.05, 3.63) is 36.0 Å². The molecule has 0 atom stereocenters. The third-order valence-electron chi connectivity index (χ3n) is 4.76. The molecule has 1 heterocycles. The van der Waals surface area contributed by atoms with E-state index in [-0.39, 0.29) is 0 Å². The maximum Gasteiger partial charge on any atom is 0.0579 e. The summed E-state index contributed by atoms with van der Waals surface area (Å²) in [6.07, 6.45) is 5.64. The minimum atomic E-state index is 0.352. The lowest BCUT2D eigenvalue weighted by atomic mass is 9.93. The fourth-order valence-electron chi connectivity index (χ4n) is 3.55. The zero-order valence-corrected chi connectivity index (χ0v) is 14.0. The summed E-state index contributed by atoms with van der Waals surface area (Å²) >= 11 is 0. The van der Waals surface area contributed by atoms with Crippen molar-refractivity contribution in [1.82, 2.24) is 9.88 Å². The van der Waals surface area contributed by atoms with Crippen molar-refractivity contribution in [2.75, 3.05) is 0 Å². The van der Waals surface area contributed by atoms with Gasteiger partial charge in [0.1, 0.15) is 0 Å². The highest BCUT2D eigenvalue weighted by Crippen LogP contribution is 2.23. The Labute approximate surface area is 133 Å². The van der Waals surface area contributed by atoms with Gasteiger partial charge in [0.05, 0.1) is 12.2 Å². The number of aryl methyl sites for hydroxylation is 1. The molecule has 3 nitrogen and oxygen atoms in total. The second kappa shape index (κ2) is 6.84. The van der Waals surface area contributed by atoms with Gasteiger partial charge in [0.2, 0.25) is 0 Å². The van der Waals surface area contributed by atoms with Crippen LogP contribution in [-0.2, 0) is 18.3 Å². The Bertz CT molecular complexity index is 609. The van der Waals surface area contributed by atoms with Gasteiger partial charge in [0.25, 0.3) is 0 Å². The van der Waals surface area contributed by atoms with Crippen LogP contribution in [-0.4, -0.2) is 22.8 Å². The van der Waals surface area contributed by atoms with Gasteiger partial charge in [0.15, 0.2) is 0 Å². The molecule has 1 saturated carbocycles. The molecule has 1 aromatic heterocycles. The average Bonchev–Trinajstić information content (AvgIpc) is 2.83. The fourth-order valence-corrected chi connectivity index (χ4v) is 3.55. The number of nitrogens with one attached hydrogen (secondary N) is 1. The van der Waals surface area contributed by atoms with E-state index in [1.54, 1.807) is 0 Å². The molecule has 22 heavy (non-hydrogen) atoms. The van der Waals surface area contributed by atoms with Gasteiger partial charge in [0, 0.05) is 30.8 Å². The first kappa shape index (κ1) is 15.6. The molecule has 1 fully saturated rings. The molecule has 0 radical (unpaired) electrons. The summed E-state index contributed by atoms with van der Waals surface area (Å²) in [6, 6.07) is 11.5. The van der Waals surface area contributed by atoms with Gasteiger partial charge < -0.3 is 14.6 Å². The van der Waals surface area contributed by atoms with Crippen molar-refractivity contribution in [2.24, 2.45) is 7.05 Å². The first-order valence-electron chi connectivity index (χ1n) is 8.55. The van der Waals surface area contributed by atoms with E-state index in [1.165, 1.54) is 42.3 Å². The molecule has 0 spiro atoms. The zero-order chi connectivity index (χ0) is 15.5. The van der Waals surface area contributed by atoms with Crippen LogP contribution in [0.15, 0.2) is 30.3 Å². The first-order chi connectivity index (χ1) is 10.6. The number of nitrogens with zero attached hydrogens (tertiary/aromatic N) is 1. The number of hydrogen-bond acceptors (Lipinski definition) is 2. The monoisotopic (exact) mass is 300 g/mol. The van der Waals surface area contributed by atoms with Crippen molar-refractivity contribution >= 4 is 10.9 Å². The van der Waals surface area contributed by atoms with E-state index >= 15 is 0 Å². The lowest BCUT2D eigenvalue weighted by molar-refractivity contribution is -0.0162. The molecule has 3 heteroatoms. The van der Waals surface area contributed by atoms with E-state index < -0.39 is 0 Å². The van der Waals surface area contributed by atoms with E-state index in [0.29, 0.717) is 18.2 Å². The van der Waals surface area contributed by atoms with E-state index in [9.17, 15) is 0 Å². The minimum absolute atomic E-state index is 0.352. The second-order valence-corrected chi connectivity index (χ2v) is 6.79. The third kappa shape index (κ3) is 3.53. The van der Waals surface area contributed by atoms with Crippen molar-refractivity contribution in [1.29, 1.82) is 0 Å². The Balaban J connectivity index is 1.53. The number of aromatic nitrogens is 1. The van der Waals surface area contributed by atoms with E-state index in [0.717, 1.165) is 6.54 Å². The van der Waals surface area contributed by atoms with E-state index in [2.05, 4.69) is 61.1 Å². The zero-order valence-electron chi connectivity index (χ0n) is 14.0. The predicted molar refractivity (Wildman–Crippen MR) is 92.0 cm³/mol. The third-order valence-corrected chi connectivity index (χ3v) is 4.76. The highest BCUT2D eigenvalue weighted by atomic mass is 16.5. The van der Waals surface area contributed by atoms with Gasteiger partial charge in [-0.2, -0.15) is 0 Å². The molecule has 3 rings (SSSR count). The number of hydrogen-bond donors (Lipinski definition) is 1. The molecule has 120 valence electrons. The lowest BCUT2D eigenvalue weighted by Gasteiger charge is -2.30. The Morgan fingerprint density at radius 3 is 2.59 bits per heavy atom. The van der Waals surface area contributed by atoms with E-state index in [4.69, 9.17) is 4.74 Å². The van der Waals surface area contributed by atoms with Crippen LogP contribution in [0, 0.1) is 0 Å². The maximum atomic E-state index is 5.93. The number of fused-ring (bicyclic) bond motifs is 1. The van der Waals surface area contributed by atoms with Crippen LogP contribution in [0.1, 0.15) is 45.2 Å². The van der Waals surface area contributed by atoms with Gasteiger partial charge in [-0.25, -0.2) is 0 Å². The van der Waals surface area contributed by atoms with Crippen LogP contribution in [0.5, 0.6) is 0 Å². The topological polar surface area (TPSA) is 26.2 Å². The lowest BCUT2D eigenvalue weighted by Crippen LogP contribution is -2.36. The summed E-state index contributed by atoms with van der Waals surface area (Å²) in [5.41, 5.74) is 2.68. The van der Waals surface area contributed by atoms with Crippen LogP contribution in [0.4, 0.5) is 0 Å². The van der Waals surface area contributed by atoms with Crippen molar-refractivity contribution in [2.45, 2.75) is 64.3 Å². The largest absolute Gasteiger partial charge is 0.376 e. The molecule has 0 amide bonds. The highest BCUT2D eigenvalue weighted by Gasteiger charge is 2.22. The summed E-state index contributed by atoms with van der Waals surface area (Å²) in [5.74, 6) is 0. The Morgan fingerprint density at radius 2 is 1.91 bits per heavy atom. The molecule has 1 aliphatic carbocycles. The van der Waals surface area contributed by atoms with Gasteiger partial charge in [-0.15, -0.1) is 0 Å². The molecule has 1 N–H and O–H groups in total. The number of ether oxygens (including phenoxy) is 1. The molecule has 0 unspecified atom stereocenters. The molecular weight excluding hydrogens is 272 g/mol. The van der Waals surface area contributed by atoms with Gasteiger partial charge >= 0.3 is 0 Å². The van der Waals surface area contributed by atoms with Crippen molar-refractivity contribution in [3.8, 4) is 0 Å². The minimum Gasteiger partial charge on any atom is -0.376 e. The number of benzene rings is 1. The summed E-state index contributed by atoms with van der Waals surface area (Å²) in [5, 5.41) is 5.07. The smallest absolute Gasteiger partial charge is 0.0579 e. The molecule has 0 bridgehead atoms. The van der Waals surface area contributed by atoms with Gasteiger partial charge in [-0.05, 0) is 57.0 Å². The Kier molecular flexibility index (Phi) is 4.84. The van der Waals surface area contributed by atoms with Gasteiger partial charge in [-0.1, -0.05) is 18.2 Å². The normalized spacial score (nSPS) is 22.5. The second-order valence-electron chi connectivity index (χ2n) is 6.79. The first-order valence-corrected chi connectivity index (χ1v) is 8.55. The molecular formula is C19H28N2O. The quantitative estimate of drug-likeness (QED) is 0.903. The summed E-state index contributed by atoms with van der Waals surface area (Å²) < 4.78 is 8.23. The average molecular weight is 300 g/mol. The van der Waals surface area contributed by atoms with Crippen LogP contribution in [0.3, 0.4) is 0 Å². The molecule has 0 aliphatic heterocycles. The number of rotatable bonds is 5. The molecule has 1 aromatic carbocycles. The van der Waals surface area contributed by atoms with Crippen molar-refractivity contribution in [3.63, 3.8) is 0 Å². The summed E-state index contributed by atoms with van der Waals surface area (Å²) in [4.78, 5) is 0. The van der Waals surface area contributed by atoms with Crippen LogP contribution in [0.25, 0.3) is 10.9 Å². The standard InChI is InChI=1S/C19H28N2O/c1-14(2)22-18-10-8-16(9-11-18)20-13-17-12-15-6-4-5-7-19(15)21(17)3/h4-7,12,14,16,18,20H,8-11,13H2,1-3H3. The Morgan fingerprint density at radius 1 is 1.18 bits per heavy atom. The fraction of sp³-hybridized carbons (Fsp3) is 0.579. The molecule has 0 saturated heterocycles. The van der Waals surface area contributed by atoms with Crippen LogP contribution >= 0.6 is 0 Å². The highest BCUT2D eigenvalue weighted by molar-refractivity contribution is 5.81.